The molecular formula is C16H16F3NO. The molecule has 2 aromatic rings. The van der Waals surface area contributed by atoms with E-state index in [0.29, 0.717) is 0 Å². The van der Waals surface area contributed by atoms with Crippen molar-refractivity contribution in [3.8, 4) is 5.75 Å². The number of ether oxygens (including phenoxy) is 1. The van der Waals surface area contributed by atoms with Gasteiger partial charge in [-0.15, -0.1) is 13.2 Å². The number of alkyl halides is 3. The van der Waals surface area contributed by atoms with Crippen LogP contribution in [-0.2, 0) is 0 Å². The van der Waals surface area contributed by atoms with E-state index in [0.717, 1.165) is 16.7 Å². The Morgan fingerprint density at radius 1 is 0.905 bits per heavy atom. The first-order chi connectivity index (χ1) is 9.76. The third-order valence-corrected chi connectivity index (χ3v) is 3.36. The van der Waals surface area contributed by atoms with Crippen molar-refractivity contribution in [3.05, 3.63) is 64.7 Å². The smallest absolute Gasteiger partial charge is 0.406 e. The second-order valence-corrected chi connectivity index (χ2v) is 4.94. The van der Waals surface area contributed by atoms with Gasteiger partial charge >= 0.3 is 6.36 Å². The zero-order valence-corrected chi connectivity index (χ0v) is 11.7. The van der Waals surface area contributed by atoms with E-state index in [-0.39, 0.29) is 11.8 Å². The summed E-state index contributed by atoms with van der Waals surface area (Å²) < 4.78 is 40.1. The number of rotatable bonds is 3. The summed E-state index contributed by atoms with van der Waals surface area (Å²) in [5.41, 5.74) is 10.1. The highest BCUT2D eigenvalue weighted by molar-refractivity contribution is 5.38. The first-order valence-electron chi connectivity index (χ1n) is 6.45. The second-order valence-electron chi connectivity index (χ2n) is 4.94. The van der Waals surface area contributed by atoms with Crippen molar-refractivity contribution in [2.75, 3.05) is 0 Å². The van der Waals surface area contributed by atoms with Crippen LogP contribution in [0.15, 0.2) is 42.5 Å². The summed E-state index contributed by atoms with van der Waals surface area (Å²) in [5, 5.41) is 0. The fourth-order valence-corrected chi connectivity index (χ4v) is 2.03. The normalized spacial score (nSPS) is 13.0. The van der Waals surface area contributed by atoms with Crippen molar-refractivity contribution in [2.24, 2.45) is 5.73 Å². The second kappa shape index (κ2) is 5.77. The van der Waals surface area contributed by atoms with Gasteiger partial charge in [-0.25, -0.2) is 0 Å². The number of hydrogen-bond donors (Lipinski definition) is 1. The van der Waals surface area contributed by atoms with Crippen LogP contribution in [0.2, 0.25) is 0 Å². The molecule has 0 aromatic heterocycles. The molecule has 0 aliphatic heterocycles. The molecule has 0 saturated carbocycles. The van der Waals surface area contributed by atoms with Crippen LogP contribution < -0.4 is 10.5 Å². The minimum atomic E-state index is -4.68. The Hall–Kier alpha value is -2.01. The van der Waals surface area contributed by atoms with E-state index < -0.39 is 6.36 Å². The van der Waals surface area contributed by atoms with Crippen molar-refractivity contribution in [1.82, 2.24) is 0 Å². The minimum Gasteiger partial charge on any atom is -0.406 e. The number of hydrogen-bond acceptors (Lipinski definition) is 2. The molecule has 2 aromatic carbocycles. The summed E-state index contributed by atoms with van der Waals surface area (Å²) in [5.74, 6) is -0.251. The molecule has 2 nitrogen and oxygen atoms in total. The van der Waals surface area contributed by atoms with Crippen LogP contribution in [-0.4, -0.2) is 6.36 Å². The summed E-state index contributed by atoms with van der Waals surface area (Å²) in [6.07, 6.45) is -4.68. The lowest BCUT2D eigenvalue weighted by atomic mass is 9.96. The topological polar surface area (TPSA) is 35.2 Å². The van der Waals surface area contributed by atoms with Crippen molar-refractivity contribution in [3.63, 3.8) is 0 Å². The maximum atomic E-state index is 12.1. The summed E-state index contributed by atoms with van der Waals surface area (Å²) in [6.45, 7) is 4.00. The highest BCUT2D eigenvalue weighted by Crippen LogP contribution is 2.26. The number of halogens is 3. The molecule has 5 heteroatoms. The first-order valence-corrected chi connectivity index (χ1v) is 6.45. The Morgan fingerprint density at radius 2 is 1.48 bits per heavy atom. The quantitative estimate of drug-likeness (QED) is 0.918. The Balaban J connectivity index is 2.19. The lowest BCUT2D eigenvalue weighted by molar-refractivity contribution is -0.274. The molecule has 0 heterocycles. The molecule has 0 saturated heterocycles. The standard InChI is InChI=1S/C16H16F3NO/c1-10-3-4-13(9-11(10)2)15(20)12-5-7-14(8-6-12)21-16(17,18)19/h3-9,15H,20H2,1-2H3. The van der Waals surface area contributed by atoms with E-state index in [1.165, 1.54) is 17.7 Å². The van der Waals surface area contributed by atoms with Gasteiger partial charge < -0.3 is 10.5 Å². The van der Waals surface area contributed by atoms with Crippen LogP contribution in [0.5, 0.6) is 5.75 Å². The van der Waals surface area contributed by atoms with Gasteiger partial charge in [-0.05, 0) is 48.2 Å². The minimum absolute atomic E-state index is 0.251. The predicted octanol–water partition coefficient (Wildman–Crippen LogP) is 4.25. The molecule has 0 amide bonds. The first kappa shape index (κ1) is 15.4. The molecule has 1 unspecified atom stereocenters. The number of benzene rings is 2. The van der Waals surface area contributed by atoms with Crippen LogP contribution in [0, 0.1) is 13.8 Å². The van der Waals surface area contributed by atoms with Crippen molar-refractivity contribution in [1.29, 1.82) is 0 Å². The maximum absolute atomic E-state index is 12.1. The van der Waals surface area contributed by atoms with E-state index in [9.17, 15) is 13.2 Å². The van der Waals surface area contributed by atoms with Gasteiger partial charge in [-0.1, -0.05) is 30.3 Å². The van der Waals surface area contributed by atoms with Gasteiger partial charge in [0.1, 0.15) is 5.75 Å². The Labute approximate surface area is 121 Å². The van der Waals surface area contributed by atoms with Crippen LogP contribution in [0.4, 0.5) is 13.2 Å². The highest BCUT2D eigenvalue weighted by atomic mass is 19.4. The molecule has 0 radical (unpaired) electrons. The molecule has 0 aliphatic carbocycles. The average Bonchev–Trinajstić information content (AvgIpc) is 2.40. The van der Waals surface area contributed by atoms with E-state index in [4.69, 9.17) is 5.73 Å². The predicted molar refractivity (Wildman–Crippen MR) is 75.1 cm³/mol. The molecule has 2 N–H and O–H groups in total. The third kappa shape index (κ3) is 3.98. The maximum Gasteiger partial charge on any atom is 0.573 e. The Bertz CT molecular complexity index is 620. The van der Waals surface area contributed by atoms with Gasteiger partial charge in [0.25, 0.3) is 0 Å². The van der Waals surface area contributed by atoms with Crippen LogP contribution >= 0.6 is 0 Å². The fourth-order valence-electron chi connectivity index (χ4n) is 2.03. The Kier molecular flexibility index (Phi) is 4.23. The van der Waals surface area contributed by atoms with Gasteiger partial charge in [0, 0.05) is 0 Å². The molecule has 112 valence electrons. The average molecular weight is 295 g/mol. The van der Waals surface area contributed by atoms with Crippen molar-refractivity contribution in [2.45, 2.75) is 26.3 Å². The van der Waals surface area contributed by atoms with E-state index in [2.05, 4.69) is 4.74 Å². The molecule has 0 aliphatic rings. The van der Waals surface area contributed by atoms with Gasteiger partial charge in [-0.2, -0.15) is 0 Å². The van der Waals surface area contributed by atoms with E-state index in [1.54, 1.807) is 12.1 Å². The van der Waals surface area contributed by atoms with E-state index >= 15 is 0 Å². The van der Waals surface area contributed by atoms with Crippen LogP contribution in [0.1, 0.15) is 28.3 Å². The van der Waals surface area contributed by atoms with Gasteiger partial charge in [-0.3, -0.25) is 0 Å². The van der Waals surface area contributed by atoms with Crippen molar-refractivity contribution < 1.29 is 17.9 Å². The summed E-state index contributed by atoms with van der Waals surface area (Å²) in [7, 11) is 0. The monoisotopic (exact) mass is 295 g/mol. The molecule has 0 spiro atoms. The molecule has 21 heavy (non-hydrogen) atoms. The lowest BCUT2D eigenvalue weighted by Gasteiger charge is -2.15. The van der Waals surface area contributed by atoms with Gasteiger partial charge in [0.15, 0.2) is 0 Å². The zero-order valence-electron chi connectivity index (χ0n) is 11.7. The van der Waals surface area contributed by atoms with Gasteiger partial charge in [0.05, 0.1) is 6.04 Å². The number of nitrogens with two attached hydrogens (primary N) is 1. The highest BCUT2D eigenvalue weighted by Gasteiger charge is 2.31. The van der Waals surface area contributed by atoms with Crippen LogP contribution in [0.25, 0.3) is 0 Å². The molecule has 1 atom stereocenters. The van der Waals surface area contributed by atoms with Crippen LogP contribution in [0.3, 0.4) is 0 Å². The largest absolute Gasteiger partial charge is 0.573 e. The zero-order chi connectivity index (χ0) is 15.6. The summed E-state index contributed by atoms with van der Waals surface area (Å²) >= 11 is 0. The lowest BCUT2D eigenvalue weighted by Crippen LogP contribution is -2.17. The molecular weight excluding hydrogens is 279 g/mol. The van der Waals surface area contributed by atoms with Gasteiger partial charge in [0.2, 0.25) is 0 Å². The van der Waals surface area contributed by atoms with Crippen molar-refractivity contribution >= 4 is 0 Å². The Morgan fingerprint density at radius 3 is 2.00 bits per heavy atom. The van der Waals surface area contributed by atoms with E-state index in [1.807, 2.05) is 32.0 Å². The molecule has 0 bridgehead atoms. The SMILES string of the molecule is Cc1ccc(C(N)c2ccc(OC(F)(F)F)cc2)cc1C. The number of aryl methyl sites for hydroxylation is 2. The third-order valence-electron chi connectivity index (χ3n) is 3.36. The molecule has 2 rings (SSSR count). The fraction of sp³-hybridized carbons (Fsp3) is 0.250. The summed E-state index contributed by atoms with van der Waals surface area (Å²) in [4.78, 5) is 0. The molecule has 0 fully saturated rings. The summed E-state index contributed by atoms with van der Waals surface area (Å²) in [6, 6.07) is 11.1.